The zero-order valence-electron chi connectivity index (χ0n) is 10.3. The first-order chi connectivity index (χ1) is 7.06. The smallest absolute Gasteiger partial charge is 0.176 e. The minimum Gasteiger partial charge on any atom is -0.207 e. The third-order valence-electron chi connectivity index (χ3n) is 2.56. The third kappa shape index (κ3) is 2.79. The summed E-state index contributed by atoms with van der Waals surface area (Å²) in [7, 11) is 2.05. The minimum absolute atomic E-state index is 1.29. The van der Waals surface area contributed by atoms with Crippen molar-refractivity contribution in [1.29, 1.82) is 0 Å². The van der Waals surface area contributed by atoms with Gasteiger partial charge in [0.1, 0.15) is 7.05 Å². The molecule has 0 aromatic carbocycles. The van der Waals surface area contributed by atoms with Gasteiger partial charge in [0.2, 0.25) is 0 Å². The van der Waals surface area contributed by atoms with Crippen LogP contribution < -0.4 is 4.57 Å². The second-order valence-corrected chi connectivity index (χ2v) is 4.10. The quantitative estimate of drug-likeness (QED) is 0.512. The summed E-state index contributed by atoms with van der Waals surface area (Å²) in [5.41, 5.74) is 5.34. The van der Waals surface area contributed by atoms with Crippen LogP contribution in [0.4, 0.5) is 0 Å². The Morgan fingerprint density at radius 3 is 2.40 bits per heavy atom. The number of aryl methyl sites for hydroxylation is 1. The van der Waals surface area contributed by atoms with E-state index in [0.717, 1.165) is 0 Å². The molecule has 0 spiro atoms. The lowest BCUT2D eigenvalue weighted by molar-refractivity contribution is -0.671. The molecule has 1 heteroatoms. The van der Waals surface area contributed by atoms with Gasteiger partial charge < -0.3 is 0 Å². The van der Waals surface area contributed by atoms with Crippen LogP contribution in [0.2, 0.25) is 0 Å². The number of hydrogen-bond acceptors (Lipinski definition) is 0. The van der Waals surface area contributed by atoms with Crippen LogP contribution in [-0.4, -0.2) is 0 Å². The monoisotopic (exact) mass is 202 g/mol. The summed E-state index contributed by atoms with van der Waals surface area (Å²) >= 11 is 0. The second-order valence-electron chi connectivity index (χ2n) is 4.10. The Kier molecular flexibility index (Phi) is 3.84. The predicted molar refractivity (Wildman–Crippen MR) is 65.3 cm³/mol. The molecule has 0 bridgehead atoms. The molecule has 0 aliphatic carbocycles. The summed E-state index contributed by atoms with van der Waals surface area (Å²) in [4.78, 5) is 0. The number of pyridine rings is 1. The van der Waals surface area contributed by atoms with E-state index in [2.05, 4.69) is 69.9 Å². The van der Waals surface area contributed by atoms with E-state index in [4.69, 9.17) is 0 Å². The van der Waals surface area contributed by atoms with Gasteiger partial charge in [0.15, 0.2) is 12.4 Å². The Labute approximate surface area is 92.8 Å². The Hall–Kier alpha value is -1.37. The first-order valence-electron chi connectivity index (χ1n) is 5.32. The van der Waals surface area contributed by atoms with Crippen molar-refractivity contribution in [3.05, 3.63) is 47.3 Å². The molecule has 0 atom stereocenters. The number of hydrogen-bond donors (Lipinski definition) is 0. The molecule has 0 unspecified atom stereocenters. The van der Waals surface area contributed by atoms with E-state index in [-0.39, 0.29) is 0 Å². The molecular weight excluding hydrogens is 182 g/mol. The largest absolute Gasteiger partial charge is 0.207 e. The molecular formula is C14H20N+. The Bertz CT molecular complexity index is 407. The molecule has 0 saturated heterocycles. The van der Waals surface area contributed by atoms with Gasteiger partial charge in [-0.3, -0.25) is 0 Å². The van der Waals surface area contributed by atoms with Gasteiger partial charge in [-0.05, 0) is 44.9 Å². The van der Waals surface area contributed by atoms with Crippen molar-refractivity contribution in [3.63, 3.8) is 0 Å². The van der Waals surface area contributed by atoms with Crippen molar-refractivity contribution < 1.29 is 4.57 Å². The molecule has 0 fully saturated rings. The minimum atomic E-state index is 1.29. The van der Waals surface area contributed by atoms with Gasteiger partial charge in [-0.1, -0.05) is 11.6 Å². The average Bonchev–Trinajstić information content (AvgIpc) is 2.17. The lowest BCUT2D eigenvalue weighted by atomic mass is 9.96. The molecule has 0 saturated carbocycles. The van der Waals surface area contributed by atoms with Crippen molar-refractivity contribution in [1.82, 2.24) is 0 Å². The summed E-state index contributed by atoms with van der Waals surface area (Å²) in [5.74, 6) is 0. The lowest BCUT2D eigenvalue weighted by Gasteiger charge is -2.09. The first kappa shape index (κ1) is 11.7. The van der Waals surface area contributed by atoms with Gasteiger partial charge in [0.05, 0.1) is 0 Å². The molecule has 0 amide bonds. The maximum absolute atomic E-state index is 2.16. The van der Waals surface area contributed by atoms with Crippen LogP contribution in [-0.2, 0) is 7.05 Å². The topological polar surface area (TPSA) is 3.88 Å². The molecule has 15 heavy (non-hydrogen) atoms. The van der Waals surface area contributed by atoms with Crippen molar-refractivity contribution in [2.75, 3.05) is 0 Å². The fraction of sp³-hybridized carbons (Fsp3) is 0.357. The van der Waals surface area contributed by atoms with Gasteiger partial charge in [-0.15, -0.1) is 0 Å². The van der Waals surface area contributed by atoms with E-state index in [1.807, 2.05) is 0 Å². The average molecular weight is 202 g/mol. The molecule has 1 heterocycles. The van der Waals surface area contributed by atoms with Crippen molar-refractivity contribution in [2.24, 2.45) is 7.05 Å². The van der Waals surface area contributed by atoms with Crippen LogP contribution in [0.25, 0.3) is 5.57 Å². The highest BCUT2D eigenvalue weighted by Gasteiger charge is 2.08. The van der Waals surface area contributed by atoms with Crippen LogP contribution in [0.5, 0.6) is 0 Å². The van der Waals surface area contributed by atoms with Crippen molar-refractivity contribution >= 4 is 5.57 Å². The highest BCUT2D eigenvalue weighted by atomic mass is 14.9. The normalized spacial score (nSPS) is 11.4. The first-order valence-corrected chi connectivity index (χ1v) is 5.32. The molecule has 1 aromatic heterocycles. The maximum Gasteiger partial charge on any atom is 0.176 e. The number of rotatable bonds is 2. The second kappa shape index (κ2) is 4.92. The van der Waals surface area contributed by atoms with Crippen LogP contribution in [0, 0.1) is 0 Å². The Balaban J connectivity index is 3.30. The van der Waals surface area contributed by atoms with E-state index in [9.17, 15) is 0 Å². The summed E-state index contributed by atoms with van der Waals surface area (Å²) < 4.78 is 2.08. The number of aromatic nitrogens is 1. The van der Waals surface area contributed by atoms with Crippen LogP contribution >= 0.6 is 0 Å². The van der Waals surface area contributed by atoms with E-state index in [1.54, 1.807) is 0 Å². The standard InChI is InChI=1S/C14H20N/c1-6-12(4)14(11(2)3)13-8-7-9-15(5)10-13/h6-10H,1-5H3/q+1. The maximum atomic E-state index is 2.16. The molecule has 1 rings (SSSR count). The van der Waals surface area contributed by atoms with E-state index >= 15 is 0 Å². The molecule has 0 aliphatic heterocycles. The highest BCUT2D eigenvalue weighted by molar-refractivity contribution is 5.79. The van der Waals surface area contributed by atoms with Gasteiger partial charge in [0.25, 0.3) is 0 Å². The molecule has 0 radical (unpaired) electrons. The fourth-order valence-electron chi connectivity index (χ4n) is 1.79. The summed E-state index contributed by atoms with van der Waals surface area (Å²) in [6.07, 6.45) is 6.38. The van der Waals surface area contributed by atoms with Crippen LogP contribution in [0.15, 0.2) is 41.7 Å². The van der Waals surface area contributed by atoms with Crippen LogP contribution in [0.1, 0.15) is 33.3 Å². The zero-order valence-corrected chi connectivity index (χ0v) is 10.3. The summed E-state index contributed by atoms with van der Waals surface area (Å²) in [6.45, 7) is 8.57. The fourth-order valence-corrected chi connectivity index (χ4v) is 1.79. The molecule has 0 aliphatic rings. The van der Waals surface area contributed by atoms with Crippen LogP contribution in [0.3, 0.4) is 0 Å². The van der Waals surface area contributed by atoms with E-state index in [0.29, 0.717) is 0 Å². The van der Waals surface area contributed by atoms with E-state index < -0.39 is 0 Å². The summed E-state index contributed by atoms with van der Waals surface area (Å²) in [5, 5.41) is 0. The van der Waals surface area contributed by atoms with Gasteiger partial charge in [-0.25, -0.2) is 4.57 Å². The van der Waals surface area contributed by atoms with Crippen molar-refractivity contribution in [3.8, 4) is 0 Å². The third-order valence-corrected chi connectivity index (χ3v) is 2.56. The Morgan fingerprint density at radius 2 is 1.93 bits per heavy atom. The predicted octanol–water partition coefficient (Wildman–Crippen LogP) is 3.27. The Morgan fingerprint density at radius 1 is 1.27 bits per heavy atom. The molecule has 80 valence electrons. The highest BCUT2D eigenvalue weighted by Crippen LogP contribution is 2.24. The van der Waals surface area contributed by atoms with Gasteiger partial charge >= 0.3 is 0 Å². The number of nitrogens with zero attached hydrogens (tertiary/aromatic N) is 1. The van der Waals surface area contributed by atoms with E-state index in [1.165, 1.54) is 22.3 Å². The molecule has 0 N–H and O–H groups in total. The molecule has 1 nitrogen and oxygen atoms in total. The summed E-state index contributed by atoms with van der Waals surface area (Å²) in [6, 6.07) is 4.25. The SMILES string of the molecule is CC=C(C)C(=C(C)C)c1ccc[n+](C)c1. The zero-order chi connectivity index (χ0) is 11.4. The number of allylic oxidation sites excluding steroid dienone is 4. The lowest BCUT2D eigenvalue weighted by Crippen LogP contribution is -2.26. The van der Waals surface area contributed by atoms with Gasteiger partial charge in [0, 0.05) is 11.6 Å². The molecule has 1 aromatic rings. The van der Waals surface area contributed by atoms with Gasteiger partial charge in [-0.2, -0.15) is 0 Å². The van der Waals surface area contributed by atoms with Crippen molar-refractivity contribution in [2.45, 2.75) is 27.7 Å².